The number of nitrogens with one attached hydrogen (secondary N) is 1. The molecular formula is C15H23ClN2. The van der Waals surface area contributed by atoms with Crippen molar-refractivity contribution in [3.05, 3.63) is 34.3 Å². The highest BCUT2D eigenvalue weighted by atomic mass is 35.5. The largest absolute Gasteiger partial charge is 0.271 e. The number of benzene rings is 1. The molecule has 3 N–H and O–H groups in total. The van der Waals surface area contributed by atoms with Gasteiger partial charge in [0.05, 0.1) is 0 Å². The molecule has 1 aromatic carbocycles. The second-order valence-electron chi connectivity index (χ2n) is 5.46. The van der Waals surface area contributed by atoms with Gasteiger partial charge in [0.2, 0.25) is 0 Å². The third kappa shape index (κ3) is 3.47. The van der Waals surface area contributed by atoms with Crippen molar-refractivity contribution in [3.63, 3.8) is 0 Å². The van der Waals surface area contributed by atoms with Gasteiger partial charge in [-0.2, -0.15) is 0 Å². The van der Waals surface area contributed by atoms with E-state index < -0.39 is 0 Å². The molecule has 1 aliphatic rings. The van der Waals surface area contributed by atoms with Gasteiger partial charge in [-0.05, 0) is 48.9 Å². The van der Waals surface area contributed by atoms with E-state index in [1.54, 1.807) is 0 Å². The van der Waals surface area contributed by atoms with Gasteiger partial charge in [0, 0.05) is 11.1 Å². The first-order valence-corrected chi connectivity index (χ1v) is 7.31. The van der Waals surface area contributed by atoms with E-state index >= 15 is 0 Å². The molecule has 0 bridgehead atoms. The highest BCUT2D eigenvalue weighted by molar-refractivity contribution is 6.30. The molecule has 0 amide bonds. The first-order valence-electron chi connectivity index (χ1n) is 6.94. The van der Waals surface area contributed by atoms with Crippen LogP contribution in [0.1, 0.15) is 55.7 Å². The molecular weight excluding hydrogens is 244 g/mol. The van der Waals surface area contributed by atoms with Crippen LogP contribution in [0.5, 0.6) is 0 Å². The summed E-state index contributed by atoms with van der Waals surface area (Å²) in [6, 6.07) is 6.47. The fourth-order valence-electron chi connectivity index (χ4n) is 3.09. The molecule has 1 aromatic rings. The Bertz CT molecular complexity index is 364. The monoisotopic (exact) mass is 266 g/mol. The molecule has 0 radical (unpaired) electrons. The molecule has 2 nitrogen and oxygen atoms in total. The number of halogens is 1. The summed E-state index contributed by atoms with van der Waals surface area (Å²) in [6.45, 7) is 2.08. The summed E-state index contributed by atoms with van der Waals surface area (Å²) in [5, 5.41) is 0.805. The van der Waals surface area contributed by atoms with Gasteiger partial charge in [-0.1, -0.05) is 43.4 Å². The standard InChI is InChI=1S/C15H23ClN2/c1-11-8-13(10-14(16)9-11)15(18-17)12-6-4-2-3-5-7-12/h8-10,12,15,18H,2-7,17H2,1H3. The van der Waals surface area contributed by atoms with E-state index in [1.807, 2.05) is 12.1 Å². The molecule has 0 aromatic heterocycles. The first-order chi connectivity index (χ1) is 8.70. The number of rotatable bonds is 3. The van der Waals surface area contributed by atoms with Crippen molar-refractivity contribution < 1.29 is 0 Å². The number of hydrazine groups is 1. The SMILES string of the molecule is Cc1cc(Cl)cc(C(NN)C2CCCCCC2)c1. The van der Waals surface area contributed by atoms with Gasteiger partial charge >= 0.3 is 0 Å². The predicted octanol–water partition coefficient (Wildman–Crippen LogP) is 4.12. The average Bonchev–Trinajstić information content (AvgIpc) is 2.58. The van der Waals surface area contributed by atoms with E-state index in [0.717, 1.165) is 5.02 Å². The molecule has 2 rings (SSSR count). The van der Waals surface area contributed by atoms with E-state index in [2.05, 4.69) is 18.4 Å². The third-order valence-electron chi connectivity index (χ3n) is 3.97. The highest BCUT2D eigenvalue weighted by Gasteiger charge is 2.23. The van der Waals surface area contributed by atoms with Crippen molar-refractivity contribution in [2.45, 2.75) is 51.5 Å². The molecule has 1 unspecified atom stereocenters. The Morgan fingerprint density at radius 1 is 1.17 bits per heavy atom. The van der Waals surface area contributed by atoms with Crippen molar-refractivity contribution in [1.29, 1.82) is 0 Å². The molecule has 0 saturated heterocycles. The van der Waals surface area contributed by atoms with Gasteiger partial charge in [-0.25, -0.2) is 0 Å². The molecule has 1 saturated carbocycles. The van der Waals surface area contributed by atoms with Crippen molar-refractivity contribution in [2.24, 2.45) is 11.8 Å². The number of hydrogen-bond donors (Lipinski definition) is 2. The van der Waals surface area contributed by atoms with Crippen LogP contribution < -0.4 is 11.3 Å². The van der Waals surface area contributed by atoms with Crippen molar-refractivity contribution in [1.82, 2.24) is 5.43 Å². The molecule has 1 fully saturated rings. The van der Waals surface area contributed by atoms with Crippen LogP contribution in [0.15, 0.2) is 18.2 Å². The van der Waals surface area contributed by atoms with E-state index in [4.69, 9.17) is 17.4 Å². The van der Waals surface area contributed by atoms with E-state index in [-0.39, 0.29) is 6.04 Å². The normalized spacial score (nSPS) is 19.5. The lowest BCUT2D eigenvalue weighted by molar-refractivity contribution is 0.329. The van der Waals surface area contributed by atoms with Crippen LogP contribution in [0.25, 0.3) is 0 Å². The van der Waals surface area contributed by atoms with Crippen LogP contribution in [0, 0.1) is 12.8 Å². The Hall–Kier alpha value is -0.570. The van der Waals surface area contributed by atoms with Crippen LogP contribution in [-0.2, 0) is 0 Å². The van der Waals surface area contributed by atoms with Gasteiger partial charge in [0.1, 0.15) is 0 Å². The topological polar surface area (TPSA) is 38.0 Å². The maximum absolute atomic E-state index is 6.15. The Balaban J connectivity index is 2.20. The van der Waals surface area contributed by atoms with Gasteiger partial charge in [0.25, 0.3) is 0 Å². The molecule has 100 valence electrons. The van der Waals surface area contributed by atoms with Crippen LogP contribution in [0.3, 0.4) is 0 Å². The van der Waals surface area contributed by atoms with Gasteiger partial charge < -0.3 is 0 Å². The quantitative estimate of drug-likeness (QED) is 0.491. The summed E-state index contributed by atoms with van der Waals surface area (Å²) < 4.78 is 0. The van der Waals surface area contributed by atoms with E-state index in [1.165, 1.54) is 49.7 Å². The van der Waals surface area contributed by atoms with Crippen LogP contribution >= 0.6 is 11.6 Å². The van der Waals surface area contributed by atoms with Crippen molar-refractivity contribution in [2.75, 3.05) is 0 Å². The second-order valence-corrected chi connectivity index (χ2v) is 5.89. The minimum atomic E-state index is 0.237. The Kier molecular flexibility index (Phi) is 5.04. The second kappa shape index (κ2) is 6.55. The van der Waals surface area contributed by atoms with Gasteiger partial charge in [-0.3, -0.25) is 11.3 Å². The minimum Gasteiger partial charge on any atom is -0.271 e. The van der Waals surface area contributed by atoms with E-state index in [9.17, 15) is 0 Å². The van der Waals surface area contributed by atoms with Gasteiger partial charge in [-0.15, -0.1) is 0 Å². The Labute approximate surface area is 115 Å². The minimum absolute atomic E-state index is 0.237. The zero-order valence-corrected chi connectivity index (χ0v) is 11.8. The number of hydrogen-bond acceptors (Lipinski definition) is 2. The maximum Gasteiger partial charge on any atom is 0.0488 e. The Morgan fingerprint density at radius 2 is 1.83 bits per heavy atom. The van der Waals surface area contributed by atoms with Crippen LogP contribution in [-0.4, -0.2) is 0 Å². The third-order valence-corrected chi connectivity index (χ3v) is 4.19. The lowest BCUT2D eigenvalue weighted by Crippen LogP contribution is -2.33. The molecule has 1 aliphatic carbocycles. The highest BCUT2D eigenvalue weighted by Crippen LogP contribution is 2.34. The van der Waals surface area contributed by atoms with Crippen LogP contribution in [0.2, 0.25) is 5.02 Å². The molecule has 18 heavy (non-hydrogen) atoms. The smallest absolute Gasteiger partial charge is 0.0488 e. The lowest BCUT2D eigenvalue weighted by atomic mass is 9.87. The number of nitrogens with two attached hydrogens (primary N) is 1. The zero-order chi connectivity index (χ0) is 13.0. The molecule has 3 heteroatoms. The van der Waals surface area contributed by atoms with E-state index in [0.29, 0.717) is 5.92 Å². The average molecular weight is 267 g/mol. The van der Waals surface area contributed by atoms with Crippen molar-refractivity contribution >= 4 is 11.6 Å². The maximum atomic E-state index is 6.15. The molecule has 0 spiro atoms. The zero-order valence-electron chi connectivity index (χ0n) is 11.1. The summed E-state index contributed by atoms with van der Waals surface area (Å²) in [6.07, 6.45) is 7.90. The lowest BCUT2D eigenvalue weighted by Gasteiger charge is -2.26. The fourth-order valence-corrected chi connectivity index (χ4v) is 3.39. The predicted molar refractivity (Wildman–Crippen MR) is 77.4 cm³/mol. The Morgan fingerprint density at radius 3 is 2.39 bits per heavy atom. The summed E-state index contributed by atoms with van der Waals surface area (Å²) in [5.41, 5.74) is 5.44. The summed E-state index contributed by atoms with van der Waals surface area (Å²) in [7, 11) is 0. The summed E-state index contributed by atoms with van der Waals surface area (Å²) in [4.78, 5) is 0. The van der Waals surface area contributed by atoms with Crippen molar-refractivity contribution in [3.8, 4) is 0 Å². The summed E-state index contributed by atoms with van der Waals surface area (Å²) >= 11 is 6.15. The first kappa shape index (κ1) is 13.9. The van der Waals surface area contributed by atoms with Crippen LogP contribution in [0.4, 0.5) is 0 Å². The number of aryl methyl sites for hydroxylation is 1. The molecule has 1 atom stereocenters. The fraction of sp³-hybridized carbons (Fsp3) is 0.600. The molecule has 0 heterocycles. The van der Waals surface area contributed by atoms with Gasteiger partial charge in [0.15, 0.2) is 0 Å². The summed E-state index contributed by atoms with van der Waals surface area (Å²) in [5.74, 6) is 6.43. The molecule has 0 aliphatic heterocycles.